The number of benzene rings is 1. The molecule has 1 aromatic carbocycles. The van der Waals surface area contributed by atoms with Gasteiger partial charge in [0.05, 0.1) is 0 Å². The lowest BCUT2D eigenvalue weighted by atomic mass is 9.90. The maximum Gasteiger partial charge on any atom is 0.256 e. The van der Waals surface area contributed by atoms with Gasteiger partial charge in [-0.25, -0.2) is 0 Å². The Morgan fingerprint density at radius 2 is 1.90 bits per heavy atom. The van der Waals surface area contributed by atoms with E-state index >= 15 is 0 Å². The molecule has 0 spiro atoms. The molecule has 1 aliphatic carbocycles. The second-order valence-corrected chi connectivity index (χ2v) is 5.51. The van der Waals surface area contributed by atoms with E-state index in [0.29, 0.717) is 12.1 Å². The number of nitrogens with two attached hydrogens (primary N) is 1. The summed E-state index contributed by atoms with van der Waals surface area (Å²) in [6.07, 6.45) is 2.71. The third kappa shape index (κ3) is 3.38. The highest BCUT2D eigenvalue weighted by Gasteiger charge is 2.30. The van der Waals surface area contributed by atoms with Gasteiger partial charge in [0.2, 0.25) is 0 Å². The molecule has 0 aliphatic heterocycles. The summed E-state index contributed by atoms with van der Waals surface area (Å²) in [5.41, 5.74) is 6.57. The molecule has 1 aliphatic rings. The van der Waals surface area contributed by atoms with Crippen molar-refractivity contribution in [3.05, 3.63) is 35.9 Å². The summed E-state index contributed by atoms with van der Waals surface area (Å²) in [7, 11) is 0. The summed E-state index contributed by atoms with van der Waals surface area (Å²) in [6.45, 7) is 2.59. The molecule has 3 N–H and O–H groups in total. The number of amides is 1. The van der Waals surface area contributed by atoms with Gasteiger partial charge in [-0.05, 0) is 38.2 Å². The summed E-state index contributed by atoms with van der Waals surface area (Å²) in [6, 6.07) is 9.59. The highest BCUT2D eigenvalue weighted by Crippen LogP contribution is 2.25. The van der Waals surface area contributed by atoms with Crippen LogP contribution in [0.15, 0.2) is 30.3 Å². The Morgan fingerprint density at radius 3 is 2.45 bits per heavy atom. The molecule has 110 valence electrons. The third-order valence-corrected chi connectivity index (χ3v) is 4.16. The van der Waals surface area contributed by atoms with Crippen LogP contribution in [0.2, 0.25) is 0 Å². The first-order chi connectivity index (χ1) is 9.63. The summed E-state index contributed by atoms with van der Waals surface area (Å²) >= 11 is 0. The zero-order valence-electron chi connectivity index (χ0n) is 12.0. The molecule has 1 amide bonds. The van der Waals surface area contributed by atoms with Crippen LogP contribution in [-0.2, 0) is 4.79 Å². The van der Waals surface area contributed by atoms with E-state index in [9.17, 15) is 9.90 Å². The molecule has 1 fully saturated rings. The smallest absolute Gasteiger partial charge is 0.256 e. The third-order valence-electron chi connectivity index (χ3n) is 4.16. The molecule has 1 saturated carbocycles. The molecule has 0 bridgehead atoms. The lowest BCUT2D eigenvalue weighted by Gasteiger charge is -2.36. The largest absolute Gasteiger partial charge is 0.378 e. The van der Waals surface area contributed by atoms with Gasteiger partial charge in [0, 0.05) is 18.6 Å². The van der Waals surface area contributed by atoms with Crippen LogP contribution in [0.3, 0.4) is 0 Å². The zero-order valence-corrected chi connectivity index (χ0v) is 12.0. The monoisotopic (exact) mass is 276 g/mol. The first kappa shape index (κ1) is 15.0. The van der Waals surface area contributed by atoms with Gasteiger partial charge in [-0.1, -0.05) is 30.3 Å². The number of aliphatic hydroxyl groups is 1. The molecule has 1 unspecified atom stereocenters. The average molecular weight is 276 g/mol. The number of nitrogens with zero attached hydrogens (tertiary/aromatic N) is 1. The Labute approximate surface area is 120 Å². The number of carbonyl (C=O) groups is 1. The van der Waals surface area contributed by atoms with Crippen LogP contribution in [0.25, 0.3) is 0 Å². The van der Waals surface area contributed by atoms with Crippen molar-refractivity contribution in [2.45, 2.75) is 50.8 Å². The molecule has 1 aromatic rings. The molecular formula is C16H24N2O2. The van der Waals surface area contributed by atoms with Gasteiger partial charge in [0.1, 0.15) is 0 Å². The Balaban J connectivity index is 2.05. The van der Waals surface area contributed by atoms with Crippen LogP contribution < -0.4 is 5.73 Å². The van der Waals surface area contributed by atoms with E-state index < -0.39 is 6.10 Å². The van der Waals surface area contributed by atoms with Crippen LogP contribution in [0, 0.1) is 0 Å². The normalized spacial score (nSPS) is 24.1. The number of rotatable bonds is 4. The van der Waals surface area contributed by atoms with Crippen molar-refractivity contribution in [1.82, 2.24) is 4.90 Å². The first-order valence-electron chi connectivity index (χ1n) is 7.42. The van der Waals surface area contributed by atoms with Crippen molar-refractivity contribution >= 4 is 5.91 Å². The first-order valence-corrected chi connectivity index (χ1v) is 7.42. The van der Waals surface area contributed by atoms with Crippen molar-refractivity contribution < 1.29 is 9.90 Å². The van der Waals surface area contributed by atoms with Gasteiger partial charge in [-0.15, -0.1) is 0 Å². The minimum atomic E-state index is -1.06. The average Bonchev–Trinajstić information content (AvgIpc) is 2.50. The van der Waals surface area contributed by atoms with Crippen LogP contribution in [-0.4, -0.2) is 34.5 Å². The van der Waals surface area contributed by atoms with Gasteiger partial charge in [-0.3, -0.25) is 4.79 Å². The minimum absolute atomic E-state index is 0.195. The maximum absolute atomic E-state index is 12.5. The number of carbonyl (C=O) groups excluding carboxylic acids is 1. The molecule has 4 nitrogen and oxygen atoms in total. The lowest BCUT2D eigenvalue weighted by molar-refractivity contribution is -0.143. The Hall–Kier alpha value is -1.39. The van der Waals surface area contributed by atoms with Crippen molar-refractivity contribution in [2.75, 3.05) is 6.54 Å². The Morgan fingerprint density at radius 1 is 1.30 bits per heavy atom. The number of aliphatic hydroxyl groups excluding tert-OH is 1. The fourth-order valence-corrected chi connectivity index (χ4v) is 2.94. The molecule has 4 heteroatoms. The van der Waals surface area contributed by atoms with Crippen molar-refractivity contribution in [2.24, 2.45) is 5.73 Å². The fourth-order valence-electron chi connectivity index (χ4n) is 2.94. The van der Waals surface area contributed by atoms with Crippen LogP contribution in [0.4, 0.5) is 0 Å². The molecule has 2 rings (SSSR count). The van der Waals surface area contributed by atoms with Gasteiger partial charge in [0.25, 0.3) is 5.91 Å². The molecule has 0 saturated heterocycles. The van der Waals surface area contributed by atoms with E-state index in [4.69, 9.17) is 5.73 Å². The molecule has 0 radical (unpaired) electrons. The number of hydrogen-bond acceptors (Lipinski definition) is 3. The van der Waals surface area contributed by atoms with E-state index in [0.717, 1.165) is 25.7 Å². The SMILES string of the molecule is CCN(C(=O)C(O)c1ccccc1)C1CCC(N)CC1. The minimum Gasteiger partial charge on any atom is -0.378 e. The highest BCUT2D eigenvalue weighted by molar-refractivity contribution is 5.82. The standard InChI is InChI=1S/C16H24N2O2/c1-2-18(14-10-8-13(17)9-11-14)16(20)15(19)12-6-4-3-5-7-12/h3-7,13-15,19H,2,8-11,17H2,1H3. The maximum atomic E-state index is 12.5. The fraction of sp³-hybridized carbons (Fsp3) is 0.562. The van der Waals surface area contributed by atoms with Crippen LogP contribution >= 0.6 is 0 Å². The van der Waals surface area contributed by atoms with Crippen molar-refractivity contribution in [3.8, 4) is 0 Å². The molecule has 20 heavy (non-hydrogen) atoms. The Bertz CT molecular complexity index is 427. The molecular weight excluding hydrogens is 252 g/mol. The number of likely N-dealkylation sites (N-methyl/N-ethyl adjacent to an activating group) is 1. The second-order valence-electron chi connectivity index (χ2n) is 5.51. The summed E-state index contributed by atoms with van der Waals surface area (Å²) in [4.78, 5) is 14.3. The van der Waals surface area contributed by atoms with Crippen molar-refractivity contribution in [1.29, 1.82) is 0 Å². The topological polar surface area (TPSA) is 66.6 Å². The summed E-state index contributed by atoms with van der Waals surface area (Å²) in [5.74, 6) is -0.195. The lowest BCUT2D eigenvalue weighted by Crippen LogP contribution is -2.46. The predicted molar refractivity (Wildman–Crippen MR) is 79.0 cm³/mol. The second kappa shape index (κ2) is 6.86. The van der Waals surface area contributed by atoms with E-state index in [2.05, 4.69) is 0 Å². The number of hydrogen-bond donors (Lipinski definition) is 2. The van der Waals surface area contributed by atoms with Gasteiger partial charge in [0.15, 0.2) is 6.10 Å². The summed E-state index contributed by atoms with van der Waals surface area (Å²) < 4.78 is 0. The van der Waals surface area contributed by atoms with Gasteiger partial charge < -0.3 is 15.7 Å². The highest BCUT2D eigenvalue weighted by atomic mass is 16.3. The van der Waals surface area contributed by atoms with Gasteiger partial charge >= 0.3 is 0 Å². The van der Waals surface area contributed by atoms with Crippen LogP contribution in [0.1, 0.15) is 44.3 Å². The van der Waals surface area contributed by atoms with E-state index in [-0.39, 0.29) is 18.0 Å². The Kier molecular flexibility index (Phi) is 5.15. The summed E-state index contributed by atoms with van der Waals surface area (Å²) in [5, 5.41) is 10.3. The van der Waals surface area contributed by atoms with E-state index in [1.165, 1.54) is 0 Å². The molecule has 0 heterocycles. The molecule has 0 aromatic heterocycles. The quantitative estimate of drug-likeness (QED) is 0.882. The van der Waals surface area contributed by atoms with E-state index in [1.807, 2.05) is 30.0 Å². The van der Waals surface area contributed by atoms with Crippen molar-refractivity contribution in [3.63, 3.8) is 0 Å². The van der Waals surface area contributed by atoms with Gasteiger partial charge in [-0.2, -0.15) is 0 Å². The zero-order chi connectivity index (χ0) is 14.5. The predicted octanol–water partition coefficient (Wildman–Crippen LogP) is 1.84. The van der Waals surface area contributed by atoms with E-state index in [1.54, 1.807) is 12.1 Å². The van der Waals surface area contributed by atoms with Crippen LogP contribution in [0.5, 0.6) is 0 Å². The molecule has 1 atom stereocenters.